The van der Waals surface area contributed by atoms with Crippen molar-refractivity contribution < 1.29 is 9.90 Å². The lowest BCUT2D eigenvalue weighted by atomic mass is 9.87. The van der Waals surface area contributed by atoms with Gasteiger partial charge in [0.1, 0.15) is 5.69 Å². The molecule has 1 N–H and O–H groups in total. The van der Waals surface area contributed by atoms with E-state index in [9.17, 15) is 4.79 Å². The number of aromatic carboxylic acids is 1. The highest BCUT2D eigenvalue weighted by atomic mass is 35.5. The molecule has 3 nitrogen and oxygen atoms in total. The maximum atomic E-state index is 11.1. The maximum absolute atomic E-state index is 11.1. The van der Waals surface area contributed by atoms with Crippen molar-refractivity contribution in [2.45, 2.75) is 38.6 Å². The molecule has 1 saturated carbocycles. The Morgan fingerprint density at radius 3 is 2.62 bits per heavy atom. The van der Waals surface area contributed by atoms with Crippen molar-refractivity contribution in [2.75, 3.05) is 0 Å². The van der Waals surface area contributed by atoms with Crippen LogP contribution < -0.4 is 0 Å². The highest BCUT2D eigenvalue weighted by Gasteiger charge is 2.23. The Morgan fingerprint density at radius 2 is 2.06 bits per heavy atom. The Hall–Kier alpha value is -0.960. The van der Waals surface area contributed by atoms with Gasteiger partial charge in [-0.15, -0.1) is 0 Å². The lowest BCUT2D eigenvalue weighted by Crippen LogP contribution is -2.19. The summed E-state index contributed by atoms with van der Waals surface area (Å²) in [5.41, 5.74) is 0.310. The predicted octanol–water partition coefficient (Wildman–Crippen LogP) is 3.59. The molecule has 1 aliphatic carbocycles. The van der Waals surface area contributed by atoms with Gasteiger partial charge in [0.05, 0.1) is 5.02 Å². The van der Waals surface area contributed by atoms with E-state index >= 15 is 0 Å². The molecular formula is C12H16ClNO2. The zero-order valence-corrected chi connectivity index (χ0v) is 10.1. The zero-order valence-electron chi connectivity index (χ0n) is 9.32. The summed E-state index contributed by atoms with van der Waals surface area (Å²) in [6.45, 7) is 2.25. The average molecular weight is 242 g/mol. The molecule has 0 saturated heterocycles. The van der Waals surface area contributed by atoms with Crippen LogP contribution in [0, 0.1) is 5.92 Å². The Morgan fingerprint density at radius 1 is 1.44 bits per heavy atom. The summed E-state index contributed by atoms with van der Waals surface area (Å²) in [6.07, 6.45) is 6.17. The molecule has 0 aromatic carbocycles. The third kappa shape index (κ3) is 2.24. The molecule has 1 aromatic heterocycles. The second-order valence-corrected chi connectivity index (χ2v) is 5.11. The first-order valence-corrected chi connectivity index (χ1v) is 6.06. The lowest BCUT2D eigenvalue weighted by molar-refractivity contribution is 0.0680. The zero-order chi connectivity index (χ0) is 11.7. The van der Waals surface area contributed by atoms with E-state index in [0.29, 0.717) is 16.8 Å². The monoisotopic (exact) mass is 241 g/mol. The lowest BCUT2D eigenvalue weighted by Gasteiger charge is -2.28. The molecule has 0 bridgehead atoms. The molecular weight excluding hydrogens is 226 g/mol. The van der Waals surface area contributed by atoms with Crippen LogP contribution in [0.15, 0.2) is 12.3 Å². The maximum Gasteiger partial charge on any atom is 0.352 e. The van der Waals surface area contributed by atoms with Gasteiger partial charge in [0.25, 0.3) is 0 Å². The number of aromatic nitrogens is 1. The van der Waals surface area contributed by atoms with E-state index in [0.717, 1.165) is 18.8 Å². The third-order valence-corrected chi connectivity index (χ3v) is 3.62. The van der Waals surface area contributed by atoms with Crippen LogP contribution in [0.5, 0.6) is 0 Å². The van der Waals surface area contributed by atoms with Gasteiger partial charge in [-0.25, -0.2) is 4.79 Å². The van der Waals surface area contributed by atoms with Crippen LogP contribution in [0.4, 0.5) is 0 Å². The van der Waals surface area contributed by atoms with Gasteiger partial charge in [-0.05, 0) is 37.7 Å². The van der Waals surface area contributed by atoms with E-state index in [1.54, 1.807) is 6.20 Å². The number of hydrogen-bond acceptors (Lipinski definition) is 1. The van der Waals surface area contributed by atoms with Crippen LogP contribution in [-0.2, 0) is 0 Å². The van der Waals surface area contributed by atoms with Crippen molar-refractivity contribution in [3.05, 3.63) is 23.0 Å². The molecule has 0 spiro atoms. The summed E-state index contributed by atoms with van der Waals surface area (Å²) in [5.74, 6) is -0.138. The number of carboxylic acid groups (broad SMARTS) is 1. The standard InChI is InChI=1S/C12H16ClNO2/c1-8-2-4-10(5-3-8)14-7-9(13)6-11(14)12(15)16/h6-8,10H,2-5H2,1H3,(H,15,16). The number of hydrogen-bond donors (Lipinski definition) is 1. The average Bonchev–Trinajstić information content (AvgIpc) is 2.61. The molecule has 1 fully saturated rings. The third-order valence-electron chi connectivity index (χ3n) is 3.41. The largest absolute Gasteiger partial charge is 0.477 e. The topological polar surface area (TPSA) is 42.2 Å². The molecule has 0 radical (unpaired) electrons. The molecule has 0 unspecified atom stereocenters. The second kappa shape index (κ2) is 4.50. The molecule has 4 heteroatoms. The molecule has 0 amide bonds. The van der Waals surface area contributed by atoms with Crippen molar-refractivity contribution in [1.29, 1.82) is 0 Å². The fourth-order valence-electron chi connectivity index (χ4n) is 2.44. The number of halogens is 1. The molecule has 1 aromatic rings. The molecule has 1 heterocycles. The van der Waals surface area contributed by atoms with Crippen LogP contribution in [0.25, 0.3) is 0 Å². The number of nitrogens with zero attached hydrogens (tertiary/aromatic N) is 1. The molecule has 0 atom stereocenters. The van der Waals surface area contributed by atoms with Crippen molar-refractivity contribution >= 4 is 17.6 Å². The number of carbonyl (C=O) groups is 1. The van der Waals surface area contributed by atoms with Gasteiger partial charge in [0.15, 0.2) is 0 Å². The first-order chi connectivity index (χ1) is 7.58. The van der Waals surface area contributed by atoms with Gasteiger partial charge >= 0.3 is 5.97 Å². The Balaban J connectivity index is 2.22. The first kappa shape index (κ1) is 11.5. The van der Waals surface area contributed by atoms with Crippen LogP contribution in [0.2, 0.25) is 5.02 Å². The summed E-state index contributed by atoms with van der Waals surface area (Å²) in [6, 6.07) is 1.83. The van der Waals surface area contributed by atoms with Crippen molar-refractivity contribution in [1.82, 2.24) is 4.57 Å². The molecule has 1 aliphatic rings. The fraction of sp³-hybridized carbons (Fsp3) is 0.583. The Kier molecular flexibility index (Phi) is 3.24. The Labute approximate surface area is 100 Å². The van der Waals surface area contributed by atoms with E-state index in [2.05, 4.69) is 6.92 Å². The van der Waals surface area contributed by atoms with E-state index in [-0.39, 0.29) is 0 Å². The van der Waals surface area contributed by atoms with Crippen LogP contribution >= 0.6 is 11.6 Å². The molecule has 2 rings (SSSR count). The van der Waals surface area contributed by atoms with Gasteiger partial charge in [0, 0.05) is 12.2 Å². The summed E-state index contributed by atoms with van der Waals surface area (Å²) in [4.78, 5) is 11.1. The smallest absolute Gasteiger partial charge is 0.352 e. The van der Waals surface area contributed by atoms with Gasteiger partial charge in [-0.2, -0.15) is 0 Å². The van der Waals surface area contributed by atoms with E-state index in [1.807, 2.05) is 4.57 Å². The molecule has 0 aliphatic heterocycles. The SMILES string of the molecule is CC1CCC(n2cc(Cl)cc2C(=O)O)CC1. The summed E-state index contributed by atoms with van der Waals surface area (Å²) in [5, 5.41) is 9.59. The van der Waals surface area contributed by atoms with Gasteiger partial charge in [0.2, 0.25) is 0 Å². The second-order valence-electron chi connectivity index (χ2n) is 4.67. The van der Waals surface area contributed by atoms with Crippen LogP contribution in [0.3, 0.4) is 0 Å². The minimum atomic E-state index is -0.898. The van der Waals surface area contributed by atoms with Gasteiger partial charge < -0.3 is 9.67 Å². The molecule has 16 heavy (non-hydrogen) atoms. The number of carboxylic acids is 1. The normalized spacial score (nSPS) is 25.6. The van der Waals surface area contributed by atoms with Crippen molar-refractivity contribution in [2.24, 2.45) is 5.92 Å². The minimum absolute atomic E-state index is 0.301. The highest BCUT2D eigenvalue weighted by Crippen LogP contribution is 2.33. The quantitative estimate of drug-likeness (QED) is 0.860. The Bertz CT molecular complexity index is 392. The van der Waals surface area contributed by atoms with Crippen molar-refractivity contribution in [3.63, 3.8) is 0 Å². The fourth-order valence-corrected chi connectivity index (χ4v) is 2.65. The minimum Gasteiger partial charge on any atom is -0.477 e. The summed E-state index contributed by atoms with van der Waals surface area (Å²) in [7, 11) is 0. The summed E-state index contributed by atoms with van der Waals surface area (Å²) < 4.78 is 1.83. The predicted molar refractivity (Wildman–Crippen MR) is 63.1 cm³/mol. The van der Waals surface area contributed by atoms with E-state index in [1.165, 1.54) is 18.9 Å². The number of rotatable bonds is 2. The van der Waals surface area contributed by atoms with E-state index < -0.39 is 5.97 Å². The van der Waals surface area contributed by atoms with Crippen molar-refractivity contribution in [3.8, 4) is 0 Å². The van der Waals surface area contributed by atoms with E-state index in [4.69, 9.17) is 16.7 Å². The summed E-state index contributed by atoms with van der Waals surface area (Å²) >= 11 is 5.87. The van der Waals surface area contributed by atoms with Gasteiger partial charge in [-0.1, -0.05) is 18.5 Å². The first-order valence-electron chi connectivity index (χ1n) is 5.68. The molecule has 88 valence electrons. The van der Waals surface area contributed by atoms with Crippen LogP contribution in [0.1, 0.15) is 49.1 Å². The van der Waals surface area contributed by atoms with Gasteiger partial charge in [-0.3, -0.25) is 0 Å². The van der Waals surface area contributed by atoms with Crippen LogP contribution in [-0.4, -0.2) is 15.6 Å². The highest BCUT2D eigenvalue weighted by molar-refractivity contribution is 6.30.